The van der Waals surface area contributed by atoms with E-state index in [4.69, 9.17) is 9.47 Å². The summed E-state index contributed by atoms with van der Waals surface area (Å²) in [6.07, 6.45) is 0. The van der Waals surface area contributed by atoms with Gasteiger partial charge in [0.25, 0.3) is 0 Å². The number of rotatable bonds is 3. The highest BCUT2D eigenvalue weighted by Gasteiger charge is 2.11. The zero-order valence-corrected chi connectivity index (χ0v) is 10.1. The van der Waals surface area contributed by atoms with Gasteiger partial charge in [0.05, 0.1) is 0 Å². The van der Waals surface area contributed by atoms with Gasteiger partial charge in [-0.2, -0.15) is 0 Å². The summed E-state index contributed by atoms with van der Waals surface area (Å²) < 4.78 is 11.0. The summed E-state index contributed by atoms with van der Waals surface area (Å²) in [5, 5.41) is 3.38. The van der Waals surface area contributed by atoms with E-state index in [9.17, 15) is 0 Å². The van der Waals surface area contributed by atoms with Crippen LogP contribution in [0.15, 0.2) is 48.5 Å². The lowest BCUT2D eigenvalue weighted by atomic mass is 10.2. The molecule has 3 nitrogen and oxygen atoms in total. The third-order valence-electron chi connectivity index (χ3n) is 2.88. The van der Waals surface area contributed by atoms with Gasteiger partial charge >= 0.3 is 0 Å². The second-order valence-electron chi connectivity index (χ2n) is 4.20. The third-order valence-corrected chi connectivity index (χ3v) is 2.88. The first-order valence-corrected chi connectivity index (χ1v) is 6.09. The van der Waals surface area contributed by atoms with E-state index in [0.29, 0.717) is 13.2 Å². The summed E-state index contributed by atoms with van der Waals surface area (Å²) >= 11 is 0. The van der Waals surface area contributed by atoms with Gasteiger partial charge in [0.15, 0.2) is 11.5 Å². The molecule has 0 bridgehead atoms. The number of benzene rings is 2. The van der Waals surface area contributed by atoms with Crippen LogP contribution in [-0.2, 0) is 6.54 Å². The van der Waals surface area contributed by atoms with Gasteiger partial charge in [-0.25, -0.2) is 0 Å². The number of hydrogen-bond acceptors (Lipinski definition) is 3. The largest absolute Gasteiger partial charge is 0.486 e. The molecule has 2 aromatic carbocycles. The van der Waals surface area contributed by atoms with Crippen molar-refractivity contribution in [2.24, 2.45) is 0 Å². The van der Waals surface area contributed by atoms with Gasteiger partial charge in [0.2, 0.25) is 0 Å². The Morgan fingerprint density at radius 3 is 2.50 bits per heavy atom. The molecule has 0 fully saturated rings. The molecule has 0 saturated carbocycles. The van der Waals surface area contributed by atoms with E-state index in [1.54, 1.807) is 0 Å². The minimum atomic E-state index is 0.620. The third kappa shape index (κ3) is 2.40. The molecule has 3 heteroatoms. The highest BCUT2D eigenvalue weighted by molar-refractivity contribution is 5.55. The molecule has 0 saturated heterocycles. The van der Waals surface area contributed by atoms with E-state index < -0.39 is 0 Å². The van der Waals surface area contributed by atoms with Crippen LogP contribution in [0.1, 0.15) is 5.56 Å². The summed E-state index contributed by atoms with van der Waals surface area (Å²) in [6.45, 7) is 2.05. The van der Waals surface area contributed by atoms with Crippen molar-refractivity contribution in [3.63, 3.8) is 0 Å². The summed E-state index contributed by atoms with van der Waals surface area (Å²) in [5.41, 5.74) is 2.30. The SMILES string of the molecule is c1ccc(CNc2ccc3c(c2)OCCO3)cc1. The molecule has 3 rings (SSSR count). The van der Waals surface area contributed by atoms with Crippen LogP contribution >= 0.6 is 0 Å². The maximum Gasteiger partial charge on any atom is 0.163 e. The molecule has 0 atom stereocenters. The van der Waals surface area contributed by atoms with Crippen molar-refractivity contribution in [3.8, 4) is 11.5 Å². The Bertz CT molecular complexity index is 525. The van der Waals surface area contributed by atoms with Gasteiger partial charge < -0.3 is 14.8 Å². The second kappa shape index (κ2) is 5.00. The number of nitrogens with one attached hydrogen (secondary N) is 1. The Balaban J connectivity index is 1.70. The Hall–Kier alpha value is -2.16. The van der Waals surface area contributed by atoms with Crippen LogP contribution in [0.4, 0.5) is 5.69 Å². The molecular weight excluding hydrogens is 226 g/mol. The van der Waals surface area contributed by atoms with Crippen molar-refractivity contribution < 1.29 is 9.47 Å². The van der Waals surface area contributed by atoms with Crippen LogP contribution in [0.3, 0.4) is 0 Å². The zero-order valence-electron chi connectivity index (χ0n) is 10.1. The first-order valence-electron chi connectivity index (χ1n) is 6.09. The molecule has 1 N–H and O–H groups in total. The monoisotopic (exact) mass is 241 g/mol. The standard InChI is InChI=1S/C15H15NO2/c1-2-4-12(5-3-1)11-16-13-6-7-14-15(10-13)18-9-8-17-14/h1-7,10,16H,8-9,11H2. The minimum absolute atomic E-state index is 0.620. The van der Waals surface area contributed by atoms with Gasteiger partial charge in [-0.1, -0.05) is 30.3 Å². The maximum atomic E-state index is 5.55. The lowest BCUT2D eigenvalue weighted by Gasteiger charge is -2.19. The smallest absolute Gasteiger partial charge is 0.163 e. The summed E-state index contributed by atoms with van der Waals surface area (Å²) in [4.78, 5) is 0. The lowest BCUT2D eigenvalue weighted by Crippen LogP contribution is -2.15. The molecule has 1 heterocycles. The van der Waals surface area contributed by atoms with Gasteiger partial charge in [-0.3, -0.25) is 0 Å². The van der Waals surface area contributed by atoms with Crippen LogP contribution in [0, 0.1) is 0 Å². The maximum absolute atomic E-state index is 5.55. The normalized spacial score (nSPS) is 13.1. The average molecular weight is 241 g/mol. The van der Waals surface area contributed by atoms with Crippen LogP contribution in [-0.4, -0.2) is 13.2 Å². The Morgan fingerprint density at radius 2 is 1.67 bits per heavy atom. The van der Waals surface area contributed by atoms with Gasteiger partial charge in [0, 0.05) is 18.3 Å². The quantitative estimate of drug-likeness (QED) is 0.895. The number of hydrogen-bond donors (Lipinski definition) is 1. The van der Waals surface area contributed by atoms with Crippen LogP contribution in [0.2, 0.25) is 0 Å². The van der Waals surface area contributed by atoms with Gasteiger partial charge in [-0.15, -0.1) is 0 Å². The van der Waals surface area contributed by atoms with Crippen molar-refractivity contribution in [1.29, 1.82) is 0 Å². The molecule has 1 aliphatic heterocycles. The first kappa shape index (κ1) is 11.0. The van der Waals surface area contributed by atoms with E-state index in [0.717, 1.165) is 23.7 Å². The fourth-order valence-corrected chi connectivity index (χ4v) is 1.95. The molecule has 1 aliphatic rings. The highest BCUT2D eigenvalue weighted by Crippen LogP contribution is 2.32. The molecular formula is C15H15NO2. The molecule has 0 spiro atoms. The van der Waals surface area contributed by atoms with E-state index in [-0.39, 0.29) is 0 Å². The lowest BCUT2D eigenvalue weighted by molar-refractivity contribution is 0.171. The van der Waals surface area contributed by atoms with Gasteiger partial charge in [-0.05, 0) is 17.7 Å². The number of anilines is 1. The Labute approximate surface area is 106 Å². The topological polar surface area (TPSA) is 30.5 Å². The Kier molecular flexibility index (Phi) is 3.05. The second-order valence-corrected chi connectivity index (χ2v) is 4.20. The summed E-state index contributed by atoms with van der Waals surface area (Å²) in [6, 6.07) is 16.3. The molecule has 0 aromatic heterocycles. The minimum Gasteiger partial charge on any atom is -0.486 e. The van der Waals surface area contributed by atoms with Crippen LogP contribution in [0.5, 0.6) is 11.5 Å². The van der Waals surface area contributed by atoms with Crippen molar-refractivity contribution in [2.45, 2.75) is 6.54 Å². The van der Waals surface area contributed by atoms with Gasteiger partial charge in [0.1, 0.15) is 13.2 Å². The molecule has 92 valence electrons. The zero-order chi connectivity index (χ0) is 12.2. The average Bonchev–Trinajstić information content (AvgIpc) is 2.46. The van der Waals surface area contributed by atoms with Crippen molar-refractivity contribution in [2.75, 3.05) is 18.5 Å². The fourth-order valence-electron chi connectivity index (χ4n) is 1.95. The van der Waals surface area contributed by atoms with Crippen molar-refractivity contribution >= 4 is 5.69 Å². The number of ether oxygens (including phenoxy) is 2. The Morgan fingerprint density at radius 1 is 0.889 bits per heavy atom. The molecule has 2 aromatic rings. The van der Waals surface area contributed by atoms with E-state index in [1.807, 2.05) is 36.4 Å². The molecule has 0 unspecified atom stereocenters. The van der Waals surface area contributed by atoms with Crippen molar-refractivity contribution in [3.05, 3.63) is 54.1 Å². The van der Waals surface area contributed by atoms with Crippen LogP contribution in [0.25, 0.3) is 0 Å². The van der Waals surface area contributed by atoms with E-state index in [2.05, 4.69) is 17.4 Å². The summed E-state index contributed by atoms with van der Waals surface area (Å²) in [7, 11) is 0. The van der Waals surface area contributed by atoms with E-state index >= 15 is 0 Å². The van der Waals surface area contributed by atoms with Crippen LogP contribution < -0.4 is 14.8 Å². The first-order chi connectivity index (χ1) is 8.92. The summed E-state index contributed by atoms with van der Waals surface area (Å²) in [5.74, 6) is 1.64. The highest BCUT2D eigenvalue weighted by atomic mass is 16.6. The number of fused-ring (bicyclic) bond motifs is 1. The molecule has 0 radical (unpaired) electrons. The predicted molar refractivity (Wildman–Crippen MR) is 71.2 cm³/mol. The molecule has 0 amide bonds. The molecule has 0 aliphatic carbocycles. The molecule has 18 heavy (non-hydrogen) atoms. The van der Waals surface area contributed by atoms with E-state index in [1.165, 1.54) is 5.56 Å². The fraction of sp³-hybridized carbons (Fsp3) is 0.200. The van der Waals surface area contributed by atoms with Crippen molar-refractivity contribution in [1.82, 2.24) is 0 Å². The predicted octanol–water partition coefficient (Wildman–Crippen LogP) is 3.07.